The molecule has 30 heavy (non-hydrogen) atoms. The number of nitrogens with zero attached hydrogens (tertiary/aromatic N) is 1. The lowest BCUT2D eigenvalue weighted by atomic mass is 9.97. The van der Waals surface area contributed by atoms with Crippen LogP contribution in [0.3, 0.4) is 0 Å². The predicted octanol–water partition coefficient (Wildman–Crippen LogP) is 4.43. The number of carbonyl (C=O) groups is 2. The van der Waals surface area contributed by atoms with Gasteiger partial charge in [0.05, 0.1) is 0 Å². The van der Waals surface area contributed by atoms with Crippen molar-refractivity contribution in [1.82, 2.24) is 10.2 Å². The molecule has 1 aliphatic heterocycles. The Bertz CT molecular complexity index is 928. The van der Waals surface area contributed by atoms with Gasteiger partial charge in [0.25, 0.3) is 0 Å². The number of carbonyl (C=O) groups excluding carboxylic acids is 2. The number of benzene rings is 2. The average molecular weight is 413 g/mol. The zero-order valence-corrected chi connectivity index (χ0v) is 16.8. The molecule has 1 saturated heterocycles. The molecule has 0 aromatic heterocycles. The minimum atomic E-state index is -0.418. The summed E-state index contributed by atoms with van der Waals surface area (Å²) in [6, 6.07) is 11.3. The van der Waals surface area contributed by atoms with Crippen LogP contribution in [0.15, 0.2) is 54.6 Å². The minimum Gasteiger partial charge on any atom is -0.339 e. The first-order valence-corrected chi connectivity index (χ1v) is 9.94. The maximum Gasteiger partial charge on any atom is 0.319 e. The maximum atomic E-state index is 13.2. The third-order valence-electron chi connectivity index (χ3n) is 5.10. The first-order chi connectivity index (χ1) is 14.4. The van der Waals surface area contributed by atoms with Crippen LogP contribution in [-0.2, 0) is 4.79 Å². The zero-order valence-electron chi connectivity index (χ0n) is 16.8. The number of rotatable bonds is 5. The third-order valence-corrected chi connectivity index (χ3v) is 5.10. The SMILES string of the molecule is C/C(=C/C(=O)N1CCCC(CNC(=O)Nc2cccc(F)c2)C1)c1ccc(F)cc1. The van der Waals surface area contributed by atoms with Gasteiger partial charge in [-0.2, -0.15) is 0 Å². The molecule has 158 valence electrons. The number of urea groups is 1. The number of hydrogen-bond donors (Lipinski definition) is 2. The topological polar surface area (TPSA) is 61.4 Å². The Balaban J connectivity index is 1.50. The Labute approximate surface area is 174 Å². The molecule has 3 amide bonds. The highest BCUT2D eigenvalue weighted by atomic mass is 19.1. The van der Waals surface area contributed by atoms with Crippen molar-refractivity contribution in [3.63, 3.8) is 0 Å². The van der Waals surface area contributed by atoms with E-state index in [0.717, 1.165) is 24.0 Å². The predicted molar refractivity (Wildman–Crippen MR) is 113 cm³/mol. The van der Waals surface area contributed by atoms with Crippen LogP contribution in [0.5, 0.6) is 0 Å². The molecule has 2 aromatic rings. The summed E-state index contributed by atoms with van der Waals surface area (Å²) in [6.45, 7) is 3.46. The summed E-state index contributed by atoms with van der Waals surface area (Å²) in [5.41, 5.74) is 1.96. The second kappa shape index (κ2) is 10.0. The van der Waals surface area contributed by atoms with E-state index in [4.69, 9.17) is 0 Å². The van der Waals surface area contributed by atoms with Gasteiger partial charge in [-0.15, -0.1) is 0 Å². The van der Waals surface area contributed by atoms with Crippen molar-refractivity contribution >= 4 is 23.2 Å². The van der Waals surface area contributed by atoms with Gasteiger partial charge in [0, 0.05) is 31.4 Å². The fraction of sp³-hybridized carbons (Fsp3) is 0.304. The summed E-state index contributed by atoms with van der Waals surface area (Å²) in [4.78, 5) is 26.5. The van der Waals surface area contributed by atoms with E-state index in [0.29, 0.717) is 25.3 Å². The number of amides is 3. The molecule has 3 rings (SSSR count). The van der Waals surface area contributed by atoms with Crippen LogP contribution < -0.4 is 10.6 Å². The van der Waals surface area contributed by atoms with E-state index in [1.807, 2.05) is 6.92 Å². The van der Waals surface area contributed by atoms with Gasteiger partial charge in [-0.05, 0) is 67.2 Å². The summed E-state index contributed by atoms with van der Waals surface area (Å²) >= 11 is 0. The lowest BCUT2D eigenvalue weighted by Crippen LogP contribution is -2.43. The lowest BCUT2D eigenvalue weighted by molar-refractivity contribution is -0.127. The molecule has 1 unspecified atom stereocenters. The monoisotopic (exact) mass is 413 g/mol. The molecule has 5 nitrogen and oxygen atoms in total. The molecule has 2 aromatic carbocycles. The first kappa shape index (κ1) is 21.5. The van der Waals surface area contributed by atoms with Crippen molar-refractivity contribution in [3.05, 3.63) is 71.8 Å². The fourth-order valence-corrected chi connectivity index (χ4v) is 3.48. The van der Waals surface area contributed by atoms with Gasteiger partial charge >= 0.3 is 6.03 Å². The van der Waals surface area contributed by atoms with Gasteiger partial charge < -0.3 is 15.5 Å². The number of piperidine rings is 1. The average Bonchev–Trinajstić information content (AvgIpc) is 2.73. The Hall–Kier alpha value is -3.22. The van der Waals surface area contributed by atoms with Crippen LogP contribution in [0.4, 0.5) is 19.3 Å². The quantitative estimate of drug-likeness (QED) is 0.713. The standard InChI is InChI=1S/C23H25F2N3O2/c1-16(18-7-9-19(24)10-8-18)12-22(29)28-11-3-4-17(15-28)14-26-23(30)27-21-6-2-5-20(25)13-21/h2,5-10,12-13,17H,3-4,11,14-15H2,1H3,(H2,26,27,30)/b16-12-. The Morgan fingerprint density at radius 1 is 1.13 bits per heavy atom. The second-order valence-electron chi connectivity index (χ2n) is 7.47. The Morgan fingerprint density at radius 2 is 1.90 bits per heavy atom. The van der Waals surface area contributed by atoms with Crippen molar-refractivity contribution in [3.8, 4) is 0 Å². The molecule has 0 saturated carbocycles. The lowest BCUT2D eigenvalue weighted by Gasteiger charge is -2.32. The number of likely N-dealkylation sites (tertiary alicyclic amines) is 1. The number of hydrogen-bond acceptors (Lipinski definition) is 2. The van der Waals surface area contributed by atoms with Gasteiger partial charge in [0.1, 0.15) is 11.6 Å². The van der Waals surface area contributed by atoms with E-state index >= 15 is 0 Å². The molecule has 1 atom stereocenters. The molecule has 1 fully saturated rings. The van der Waals surface area contributed by atoms with Crippen LogP contribution >= 0.6 is 0 Å². The van der Waals surface area contributed by atoms with Gasteiger partial charge in [0.15, 0.2) is 0 Å². The molecule has 0 radical (unpaired) electrons. The van der Waals surface area contributed by atoms with Gasteiger partial charge in [-0.25, -0.2) is 13.6 Å². The van der Waals surface area contributed by atoms with E-state index in [9.17, 15) is 18.4 Å². The normalized spacial score (nSPS) is 16.8. The zero-order chi connectivity index (χ0) is 21.5. The van der Waals surface area contributed by atoms with Gasteiger partial charge in [-0.3, -0.25) is 4.79 Å². The van der Waals surface area contributed by atoms with E-state index in [-0.39, 0.29) is 17.6 Å². The van der Waals surface area contributed by atoms with E-state index in [2.05, 4.69) is 10.6 Å². The summed E-state index contributed by atoms with van der Waals surface area (Å²) < 4.78 is 26.3. The first-order valence-electron chi connectivity index (χ1n) is 9.94. The summed E-state index contributed by atoms with van der Waals surface area (Å²) in [7, 11) is 0. The largest absolute Gasteiger partial charge is 0.339 e. The van der Waals surface area contributed by atoms with Crippen molar-refractivity contribution in [2.24, 2.45) is 5.92 Å². The van der Waals surface area contributed by atoms with Gasteiger partial charge in [0.2, 0.25) is 5.91 Å². The molecule has 0 aliphatic carbocycles. The van der Waals surface area contributed by atoms with E-state index < -0.39 is 11.8 Å². The third kappa shape index (κ3) is 6.14. The fourth-order valence-electron chi connectivity index (χ4n) is 3.48. The molecule has 0 bridgehead atoms. The van der Waals surface area contributed by atoms with Crippen molar-refractivity contribution < 1.29 is 18.4 Å². The van der Waals surface area contributed by atoms with E-state index in [1.54, 1.807) is 29.2 Å². The van der Waals surface area contributed by atoms with Crippen LogP contribution in [0.2, 0.25) is 0 Å². The molecular weight excluding hydrogens is 388 g/mol. The molecule has 2 N–H and O–H groups in total. The van der Waals surface area contributed by atoms with Crippen molar-refractivity contribution in [1.29, 1.82) is 0 Å². The molecule has 1 aliphatic rings. The van der Waals surface area contributed by atoms with Gasteiger partial charge in [-0.1, -0.05) is 18.2 Å². The maximum absolute atomic E-state index is 13.2. The highest BCUT2D eigenvalue weighted by molar-refractivity contribution is 5.95. The molecule has 7 heteroatoms. The van der Waals surface area contributed by atoms with Crippen molar-refractivity contribution in [2.45, 2.75) is 19.8 Å². The summed E-state index contributed by atoms with van der Waals surface area (Å²) in [5.74, 6) is -0.685. The van der Waals surface area contributed by atoms with Crippen molar-refractivity contribution in [2.75, 3.05) is 25.0 Å². The minimum absolute atomic E-state index is 0.0919. The number of nitrogens with one attached hydrogen (secondary N) is 2. The summed E-state index contributed by atoms with van der Waals surface area (Å²) in [5, 5.41) is 5.39. The number of anilines is 1. The Morgan fingerprint density at radius 3 is 2.63 bits per heavy atom. The molecular formula is C23H25F2N3O2. The number of halogens is 2. The smallest absolute Gasteiger partial charge is 0.319 e. The Kier molecular flexibility index (Phi) is 7.17. The van der Waals surface area contributed by atoms with Crippen LogP contribution in [0.1, 0.15) is 25.3 Å². The summed E-state index contributed by atoms with van der Waals surface area (Å²) in [6.07, 6.45) is 3.33. The second-order valence-corrected chi connectivity index (χ2v) is 7.47. The van der Waals surface area contributed by atoms with Crippen LogP contribution in [-0.4, -0.2) is 36.5 Å². The highest BCUT2D eigenvalue weighted by Crippen LogP contribution is 2.19. The molecule has 0 spiro atoms. The van der Waals surface area contributed by atoms with E-state index in [1.165, 1.54) is 30.3 Å². The number of allylic oxidation sites excluding steroid dienone is 1. The van der Waals surface area contributed by atoms with Crippen LogP contribution in [0, 0.1) is 17.6 Å². The van der Waals surface area contributed by atoms with Crippen LogP contribution in [0.25, 0.3) is 5.57 Å². The highest BCUT2D eigenvalue weighted by Gasteiger charge is 2.23. The molecule has 1 heterocycles.